The maximum absolute atomic E-state index is 12.6. The van der Waals surface area contributed by atoms with Crippen LogP contribution in [0.5, 0.6) is 0 Å². The molecular weight excluding hydrogens is 153 g/mol. The lowest BCUT2D eigenvalue weighted by Crippen LogP contribution is -1.94. The van der Waals surface area contributed by atoms with Gasteiger partial charge in [0.05, 0.1) is 0 Å². The molecule has 1 radical (unpaired) electrons. The van der Waals surface area contributed by atoms with Crippen molar-refractivity contribution in [2.75, 3.05) is 0 Å². The summed E-state index contributed by atoms with van der Waals surface area (Å²) in [6.07, 6.45) is -0.0159. The zero-order valence-corrected chi connectivity index (χ0v) is 5.70. The summed E-state index contributed by atoms with van der Waals surface area (Å²) in [4.78, 5) is 0. The summed E-state index contributed by atoms with van der Waals surface area (Å²) >= 11 is 0. The summed E-state index contributed by atoms with van der Waals surface area (Å²) in [6.45, 7) is 3.30. The first kappa shape index (κ1) is 8.11. The topological polar surface area (TPSA) is 0 Å². The standard InChI is InChI=1S/C8H6F3/c1-2-6-7(10)3-5(9)4-8(6)11/h3-4H,1-2H2. The Labute approximate surface area is 62.7 Å². The van der Waals surface area contributed by atoms with Gasteiger partial charge in [0.2, 0.25) is 0 Å². The van der Waals surface area contributed by atoms with Crippen LogP contribution in [-0.4, -0.2) is 0 Å². The lowest BCUT2D eigenvalue weighted by Gasteiger charge is -2.00. The van der Waals surface area contributed by atoms with E-state index in [9.17, 15) is 13.2 Å². The number of hydrogen-bond donors (Lipinski definition) is 0. The van der Waals surface area contributed by atoms with Crippen molar-refractivity contribution in [2.45, 2.75) is 6.42 Å². The second-order valence-corrected chi connectivity index (χ2v) is 2.10. The molecule has 59 valence electrons. The molecule has 0 nitrogen and oxygen atoms in total. The van der Waals surface area contributed by atoms with E-state index in [0.717, 1.165) is 0 Å². The third-order valence-electron chi connectivity index (χ3n) is 1.36. The second kappa shape index (κ2) is 2.95. The molecule has 0 bridgehead atoms. The Morgan fingerprint density at radius 1 is 1.09 bits per heavy atom. The van der Waals surface area contributed by atoms with E-state index in [1.54, 1.807) is 0 Å². The van der Waals surface area contributed by atoms with Crippen molar-refractivity contribution < 1.29 is 13.2 Å². The molecule has 1 aromatic rings. The van der Waals surface area contributed by atoms with E-state index >= 15 is 0 Å². The summed E-state index contributed by atoms with van der Waals surface area (Å²) in [5, 5.41) is 0. The van der Waals surface area contributed by atoms with Crippen LogP contribution in [0.2, 0.25) is 0 Å². The van der Waals surface area contributed by atoms with Crippen molar-refractivity contribution in [3.8, 4) is 0 Å². The van der Waals surface area contributed by atoms with E-state index in [0.29, 0.717) is 12.1 Å². The molecule has 11 heavy (non-hydrogen) atoms. The second-order valence-electron chi connectivity index (χ2n) is 2.10. The van der Waals surface area contributed by atoms with E-state index in [1.807, 2.05) is 0 Å². The van der Waals surface area contributed by atoms with Crippen molar-refractivity contribution in [3.05, 3.63) is 42.1 Å². The Morgan fingerprint density at radius 2 is 1.55 bits per heavy atom. The van der Waals surface area contributed by atoms with Gasteiger partial charge in [0, 0.05) is 17.7 Å². The van der Waals surface area contributed by atoms with E-state index < -0.39 is 17.5 Å². The van der Waals surface area contributed by atoms with Crippen molar-refractivity contribution in [3.63, 3.8) is 0 Å². The van der Waals surface area contributed by atoms with Gasteiger partial charge in [-0.2, -0.15) is 0 Å². The van der Waals surface area contributed by atoms with Crippen molar-refractivity contribution in [1.82, 2.24) is 0 Å². The molecule has 0 unspecified atom stereocenters. The molecule has 0 amide bonds. The molecule has 0 atom stereocenters. The highest BCUT2D eigenvalue weighted by molar-refractivity contribution is 5.21. The van der Waals surface area contributed by atoms with Crippen molar-refractivity contribution in [1.29, 1.82) is 0 Å². The molecule has 0 aliphatic carbocycles. The maximum atomic E-state index is 12.6. The summed E-state index contributed by atoms with van der Waals surface area (Å²) in [6, 6.07) is 1.28. The molecule has 0 saturated carbocycles. The summed E-state index contributed by atoms with van der Waals surface area (Å²) < 4.78 is 37.4. The van der Waals surface area contributed by atoms with Crippen LogP contribution in [0.4, 0.5) is 13.2 Å². The number of rotatable bonds is 1. The van der Waals surface area contributed by atoms with E-state index in [-0.39, 0.29) is 12.0 Å². The zero-order chi connectivity index (χ0) is 8.43. The Balaban J connectivity index is 3.25. The molecule has 0 heterocycles. The average molecular weight is 159 g/mol. The average Bonchev–Trinajstić information content (AvgIpc) is 1.85. The Kier molecular flexibility index (Phi) is 2.17. The first-order valence-electron chi connectivity index (χ1n) is 3.08. The minimum absolute atomic E-state index is 0.0159. The number of hydrogen-bond acceptors (Lipinski definition) is 0. The van der Waals surface area contributed by atoms with Gasteiger partial charge in [-0.1, -0.05) is 0 Å². The Morgan fingerprint density at radius 3 is 1.91 bits per heavy atom. The molecule has 0 fully saturated rings. The highest BCUT2D eigenvalue weighted by Gasteiger charge is 2.08. The first-order chi connectivity index (χ1) is 5.15. The van der Waals surface area contributed by atoms with Gasteiger partial charge in [-0.25, -0.2) is 13.2 Å². The molecule has 0 spiro atoms. The molecular formula is C8H6F3. The number of halogens is 3. The van der Waals surface area contributed by atoms with Crippen LogP contribution in [0.1, 0.15) is 5.56 Å². The smallest absolute Gasteiger partial charge is 0.132 e. The minimum Gasteiger partial charge on any atom is -0.207 e. The fourth-order valence-electron chi connectivity index (χ4n) is 0.811. The van der Waals surface area contributed by atoms with Crippen LogP contribution >= 0.6 is 0 Å². The SMILES string of the molecule is [CH2]Cc1c(F)cc(F)cc1F. The predicted molar refractivity (Wildman–Crippen MR) is 35.4 cm³/mol. The van der Waals surface area contributed by atoms with Crippen LogP contribution in [0.3, 0.4) is 0 Å². The van der Waals surface area contributed by atoms with Gasteiger partial charge >= 0.3 is 0 Å². The molecule has 0 aliphatic rings. The zero-order valence-electron chi connectivity index (χ0n) is 5.70. The minimum atomic E-state index is -0.905. The normalized spacial score (nSPS) is 10.2. The van der Waals surface area contributed by atoms with Crippen molar-refractivity contribution >= 4 is 0 Å². The van der Waals surface area contributed by atoms with Gasteiger partial charge < -0.3 is 0 Å². The molecule has 0 aliphatic heterocycles. The monoisotopic (exact) mass is 159 g/mol. The summed E-state index contributed by atoms with van der Waals surface area (Å²) in [7, 11) is 0. The molecule has 3 heteroatoms. The third-order valence-corrected chi connectivity index (χ3v) is 1.36. The molecule has 0 aromatic heterocycles. The molecule has 0 N–H and O–H groups in total. The maximum Gasteiger partial charge on any atom is 0.132 e. The van der Waals surface area contributed by atoms with Gasteiger partial charge in [0.1, 0.15) is 17.5 Å². The fraction of sp³-hybridized carbons (Fsp3) is 0.125. The van der Waals surface area contributed by atoms with Gasteiger partial charge in [-0.05, 0) is 13.3 Å². The van der Waals surface area contributed by atoms with Crippen LogP contribution in [0.15, 0.2) is 12.1 Å². The van der Waals surface area contributed by atoms with Crippen LogP contribution in [-0.2, 0) is 6.42 Å². The summed E-state index contributed by atoms with van der Waals surface area (Å²) in [5.41, 5.74) is -0.175. The van der Waals surface area contributed by atoms with Gasteiger partial charge in [0.15, 0.2) is 0 Å². The fourth-order valence-corrected chi connectivity index (χ4v) is 0.811. The Hall–Kier alpha value is -0.990. The van der Waals surface area contributed by atoms with Gasteiger partial charge in [-0.15, -0.1) is 0 Å². The van der Waals surface area contributed by atoms with Crippen LogP contribution in [0, 0.1) is 24.4 Å². The highest BCUT2D eigenvalue weighted by Crippen LogP contribution is 2.14. The van der Waals surface area contributed by atoms with E-state index in [2.05, 4.69) is 6.92 Å². The highest BCUT2D eigenvalue weighted by atomic mass is 19.1. The van der Waals surface area contributed by atoms with E-state index in [1.165, 1.54) is 0 Å². The van der Waals surface area contributed by atoms with Crippen LogP contribution < -0.4 is 0 Å². The largest absolute Gasteiger partial charge is 0.207 e. The molecule has 0 saturated heterocycles. The van der Waals surface area contributed by atoms with Crippen LogP contribution in [0.25, 0.3) is 0 Å². The van der Waals surface area contributed by atoms with Gasteiger partial charge in [0.25, 0.3) is 0 Å². The molecule has 1 aromatic carbocycles. The quantitative estimate of drug-likeness (QED) is 0.590. The Bertz CT molecular complexity index is 245. The lowest BCUT2D eigenvalue weighted by atomic mass is 10.1. The number of benzene rings is 1. The lowest BCUT2D eigenvalue weighted by molar-refractivity contribution is 0.528. The van der Waals surface area contributed by atoms with Crippen molar-refractivity contribution in [2.24, 2.45) is 0 Å². The first-order valence-corrected chi connectivity index (χ1v) is 3.08. The summed E-state index contributed by atoms with van der Waals surface area (Å²) in [5.74, 6) is -2.66. The van der Waals surface area contributed by atoms with Gasteiger partial charge in [-0.3, -0.25) is 0 Å². The third kappa shape index (κ3) is 1.53. The predicted octanol–water partition coefficient (Wildman–Crippen LogP) is 2.48. The molecule has 1 rings (SSSR count). The van der Waals surface area contributed by atoms with E-state index in [4.69, 9.17) is 0 Å².